The van der Waals surface area contributed by atoms with Crippen LogP contribution in [0.25, 0.3) is 16.7 Å². The first kappa shape index (κ1) is 15.4. The maximum absolute atomic E-state index is 11.5. The number of amides is 2. The van der Waals surface area contributed by atoms with Gasteiger partial charge >= 0.3 is 6.03 Å². The number of carbonyl (C=O) groups is 1. The van der Waals surface area contributed by atoms with Crippen LogP contribution in [0.5, 0.6) is 0 Å². The highest BCUT2D eigenvalue weighted by Crippen LogP contribution is 2.14. The third-order valence-corrected chi connectivity index (χ3v) is 2.74. The van der Waals surface area contributed by atoms with Crippen molar-refractivity contribution in [1.82, 2.24) is 25.6 Å². The Kier molecular flexibility index (Phi) is 4.97. The van der Waals surface area contributed by atoms with E-state index in [1.165, 1.54) is 6.21 Å². The van der Waals surface area contributed by atoms with Crippen LogP contribution in [0, 0.1) is 5.41 Å². The molecule has 0 radical (unpaired) electrons. The number of aromatic nitrogens is 3. The SMILES string of the molecule is CCNC(=O)Nc1ccc2ncc(/C(C=N)=C/NC)nc2n1. The number of allylic oxidation sites excluding steroid dienone is 1. The Labute approximate surface area is 127 Å². The second-order valence-electron chi connectivity index (χ2n) is 4.31. The number of nitrogens with one attached hydrogen (secondary N) is 4. The highest BCUT2D eigenvalue weighted by atomic mass is 16.2. The lowest BCUT2D eigenvalue weighted by Crippen LogP contribution is -2.28. The van der Waals surface area contributed by atoms with Crippen LogP contribution in [-0.2, 0) is 0 Å². The minimum absolute atomic E-state index is 0.325. The molecule has 8 nitrogen and oxygen atoms in total. The molecule has 4 N–H and O–H groups in total. The molecule has 0 aliphatic rings. The predicted octanol–water partition coefficient (Wildman–Crippen LogP) is 1.38. The standard InChI is InChI=1S/C14H17N7O/c1-3-17-14(22)21-12-5-4-10-13(20-12)19-11(8-18-10)9(6-15)7-16-2/h4-8,15-16H,3H2,1-2H3,(H2,17,19,20,21,22)/b9-7+,15-6?. The van der Waals surface area contributed by atoms with Crippen LogP contribution < -0.4 is 16.0 Å². The number of pyridine rings is 1. The maximum atomic E-state index is 11.5. The number of nitrogens with zero attached hydrogens (tertiary/aromatic N) is 3. The zero-order valence-electron chi connectivity index (χ0n) is 12.3. The highest BCUT2D eigenvalue weighted by molar-refractivity contribution is 6.07. The summed E-state index contributed by atoms with van der Waals surface area (Å²) in [4.78, 5) is 24.4. The van der Waals surface area contributed by atoms with Gasteiger partial charge in [0.25, 0.3) is 0 Å². The molecule has 8 heteroatoms. The minimum atomic E-state index is -0.325. The summed E-state index contributed by atoms with van der Waals surface area (Å²) in [6, 6.07) is 3.06. The fourth-order valence-corrected chi connectivity index (χ4v) is 1.77. The summed E-state index contributed by atoms with van der Waals surface area (Å²) in [5, 5.41) is 15.5. The molecule has 0 aliphatic heterocycles. The summed E-state index contributed by atoms with van der Waals surface area (Å²) < 4.78 is 0. The van der Waals surface area contributed by atoms with E-state index in [4.69, 9.17) is 5.41 Å². The Morgan fingerprint density at radius 1 is 1.36 bits per heavy atom. The van der Waals surface area contributed by atoms with Crippen molar-refractivity contribution in [3.63, 3.8) is 0 Å². The first-order chi connectivity index (χ1) is 10.7. The van der Waals surface area contributed by atoms with Gasteiger partial charge in [0.05, 0.1) is 11.9 Å². The van der Waals surface area contributed by atoms with Gasteiger partial charge in [0.1, 0.15) is 11.3 Å². The van der Waals surface area contributed by atoms with Gasteiger partial charge in [-0.3, -0.25) is 10.3 Å². The molecule has 0 bridgehead atoms. The molecular formula is C14H17N7O. The van der Waals surface area contributed by atoms with Crippen LogP contribution in [0.3, 0.4) is 0 Å². The molecule has 2 aromatic rings. The van der Waals surface area contributed by atoms with E-state index >= 15 is 0 Å². The molecule has 0 spiro atoms. The van der Waals surface area contributed by atoms with Gasteiger partial charge in [-0.05, 0) is 19.1 Å². The summed E-state index contributed by atoms with van der Waals surface area (Å²) in [6.45, 7) is 2.36. The second kappa shape index (κ2) is 7.11. The topological polar surface area (TPSA) is 116 Å². The molecule has 114 valence electrons. The Hall–Kier alpha value is -3.03. The smallest absolute Gasteiger partial charge is 0.320 e. The van der Waals surface area contributed by atoms with Crippen LogP contribution in [-0.4, -0.2) is 40.8 Å². The summed E-state index contributed by atoms with van der Waals surface area (Å²) in [7, 11) is 1.74. The molecule has 0 aliphatic carbocycles. The number of carbonyl (C=O) groups excluding carboxylic acids is 1. The molecule has 0 fully saturated rings. The van der Waals surface area contributed by atoms with Crippen molar-refractivity contribution in [3.05, 3.63) is 30.2 Å². The van der Waals surface area contributed by atoms with Gasteiger partial charge in [0.15, 0.2) is 5.65 Å². The van der Waals surface area contributed by atoms with Gasteiger partial charge in [0, 0.05) is 31.6 Å². The lowest BCUT2D eigenvalue weighted by molar-refractivity contribution is 0.252. The number of fused-ring (bicyclic) bond motifs is 1. The lowest BCUT2D eigenvalue weighted by atomic mass is 10.2. The van der Waals surface area contributed by atoms with Crippen molar-refractivity contribution in [2.24, 2.45) is 0 Å². The monoisotopic (exact) mass is 299 g/mol. The third-order valence-electron chi connectivity index (χ3n) is 2.74. The van der Waals surface area contributed by atoms with Crippen LogP contribution in [0.1, 0.15) is 12.6 Å². The van der Waals surface area contributed by atoms with E-state index in [9.17, 15) is 4.79 Å². The summed E-state index contributed by atoms with van der Waals surface area (Å²) in [5.41, 5.74) is 2.12. The predicted molar refractivity (Wildman–Crippen MR) is 85.8 cm³/mol. The quantitative estimate of drug-likeness (QED) is 0.622. The number of anilines is 1. The van der Waals surface area contributed by atoms with Crippen LogP contribution in [0.4, 0.5) is 10.6 Å². The van der Waals surface area contributed by atoms with Gasteiger partial charge in [-0.2, -0.15) is 0 Å². The molecule has 0 atom stereocenters. The summed E-state index contributed by atoms with van der Waals surface area (Å²) >= 11 is 0. The van der Waals surface area contributed by atoms with E-state index in [0.29, 0.717) is 34.8 Å². The molecule has 2 heterocycles. The molecule has 0 unspecified atom stereocenters. The Morgan fingerprint density at radius 3 is 2.86 bits per heavy atom. The highest BCUT2D eigenvalue weighted by Gasteiger charge is 2.07. The first-order valence-corrected chi connectivity index (χ1v) is 6.75. The molecule has 2 aromatic heterocycles. The third kappa shape index (κ3) is 3.54. The van der Waals surface area contributed by atoms with Crippen molar-refractivity contribution in [3.8, 4) is 0 Å². The van der Waals surface area contributed by atoms with E-state index in [1.54, 1.807) is 31.6 Å². The maximum Gasteiger partial charge on any atom is 0.320 e. The number of hydrogen-bond donors (Lipinski definition) is 4. The molecular weight excluding hydrogens is 282 g/mol. The minimum Gasteiger partial charge on any atom is -0.393 e. The lowest BCUT2D eigenvalue weighted by Gasteiger charge is -2.06. The van der Waals surface area contributed by atoms with Gasteiger partial charge in [0.2, 0.25) is 0 Å². The van der Waals surface area contributed by atoms with Crippen molar-refractivity contribution < 1.29 is 4.79 Å². The van der Waals surface area contributed by atoms with Gasteiger partial charge < -0.3 is 16.0 Å². The molecule has 2 rings (SSSR count). The number of urea groups is 1. The average Bonchev–Trinajstić information content (AvgIpc) is 2.52. The Balaban J connectivity index is 2.36. The molecule has 0 saturated carbocycles. The second-order valence-corrected chi connectivity index (χ2v) is 4.31. The molecule has 0 saturated heterocycles. The number of rotatable bonds is 5. The molecule has 22 heavy (non-hydrogen) atoms. The van der Waals surface area contributed by atoms with E-state index < -0.39 is 0 Å². The van der Waals surface area contributed by atoms with Crippen molar-refractivity contribution in [1.29, 1.82) is 5.41 Å². The number of hydrogen-bond acceptors (Lipinski definition) is 6. The van der Waals surface area contributed by atoms with Crippen LogP contribution in [0.2, 0.25) is 0 Å². The van der Waals surface area contributed by atoms with E-state index in [1.807, 2.05) is 6.92 Å². The summed E-state index contributed by atoms with van der Waals surface area (Å²) in [5.74, 6) is 0.388. The largest absolute Gasteiger partial charge is 0.393 e. The van der Waals surface area contributed by atoms with E-state index in [2.05, 4.69) is 30.9 Å². The van der Waals surface area contributed by atoms with Crippen molar-refractivity contribution >= 4 is 34.8 Å². The Bertz CT molecular complexity index is 726. The fraction of sp³-hybridized carbons (Fsp3) is 0.214. The van der Waals surface area contributed by atoms with Crippen LogP contribution >= 0.6 is 0 Å². The first-order valence-electron chi connectivity index (χ1n) is 6.75. The van der Waals surface area contributed by atoms with Crippen molar-refractivity contribution in [2.75, 3.05) is 18.9 Å². The molecule has 2 amide bonds. The zero-order chi connectivity index (χ0) is 15.9. The van der Waals surface area contributed by atoms with Gasteiger partial charge in [-0.25, -0.2) is 14.8 Å². The Morgan fingerprint density at radius 2 is 2.18 bits per heavy atom. The van der Waals surface area contributed by atoms with Gasteiger partial charge in [-0.15, -0.1) is 0 Å². The molecule has 0 aromatic carbocycles. The van der Waals surface area contributed by atoms with E-state index in [-0.39, 0.29) is 6.03 Å². The summed E-state index contributed by atoms with van der Waals surface area (Å²) in [6.07, 6.45) is 4.41. The normalized spacial score (nSPS) is 11.1. The fourth-order valence-electron chi connectivity index (χ4n) is 1.77. The van der Waals surface area contributed by atoms with E-state index in [0.717, 1.165) is 0 Å². The van der Waals surface area contributed by atoms with Crippen LogP contribution in [0.15, 0.2) is 24.5 Å². The zero-order valence-corrected chi connectivity index (χ0v) is 12.3. The van der Waals surface area contributed by atoms with Gasteiger partial charge in [-0.1, -0.05) is 0 Å². The average molecular weight is 299 g/mol. The van der Waals surface area contributed by atoms with Crippen molar-refractivity contribution in [2.45, 2.75) is 6.92 Å².